The van der Waals surface area contributed by atoms with E-state index in [-0.39, 0.29) is 0 Å². The van der Waals surface area contributed by atoms with Gasteiger partial charge < -0.3 is 5.32 Å². The lowest BCUT2D eigenvalue weighted by atomic mass is 10.0. The van der Waals surface area contributed by atoms with E-state index in [0.29, 0.717) is 0 Å². The maximum absolute atomic E-state index is 3.94. The third-order valence-corrected chi connectivity index (χ3v) is 6.27. The number of nitrogens with zero attached hydrogens (tertiary/aromatic N) is 1. The van der Waals surface area contributed by atoms with Crippen LogP contribution in [0.25, 0.3) is 0 Å². The van der Waals surface area contributed by atoms with Gasteiger partial charge in [-0.3, -0.25) is 4.90 Å². The van der Waals surface area contributed by atoms with Crippen LogP contribution in [0, 0.1) is 0 Å². The van der Waals surface area contributed by atoms with Gasteiger partial charge in [-0.05, 0) is 50.1 Å². The van der Waals surface area contributed by atoms with E-state index in [9.17, 15) is 0 Å². The minimum absolute atomic E-state index is 0.739. The molecule has 0 saturated carbocycles. The van der Waals surface area contributed by atoms with E-state index < -0.39 is 0 Å². The highest BCUT2D eigenvalue weighted by Gasteiger charge is 2.26. The summed E-state index contributed by atoms with van der Waals surface area (Å²) in [5.41, 5.74) is 1.45. The summed E-state index contributed by atoms with van der Waals surface area (Å²) >= 11 is 2.14. The molecule has 2 fully saturated rings. The monoisotopic (exact) mass is 304 g/mol. The number of nitrogens with one attached hydrogen (secondary N) is 1. The molecule has 0 aromatic heterocycles. The van der Waals surface area contributed by atoms with Gasteiger partial charge in [0.05, 0.1) is 0 Å². The van der Waals surface area contributed by atoms with Gasteiger partial charge in [0.25, 0.3) is 0 Å². The van der Waals surface area contributed by atoms with Crippen LogP contribution in [0.2, 0.25) is 0 Å². The zero-order valence-corrected chi connectivity index (χ0v) is 13.9. The van der Waals surface area contributed by atoms with Crippen LogP contribution in [0.15, 0.2) is 30.3 Å². The Bertz CT molecular complexity index is 414. The van der Waals surface area contributed by atoms with E-state index >= 15 is 0 Å². The Hall–Kier alpha value is -0.510. The Morgan fingerprint density at radius 2 is 1.90 bits per heavy atom. The zero-order valence-electron chi connectivity index (χ0n) is 13.1. The topological polar surface area (TPSA) is 15.3 Å². The van der Waals surface area contributed by atoms with Gasteiger partial charge in [-0.15, -0.1) is 0 Å². The molecule has 2 atom stereocenters. The summed E-state index contributed by atoms with van der Waals surface area (Å²) in [6.07, 6.45) is 5.37. The van der Waals surface area contributed by atoms with Gasteiger partial charge in [0, 0.05) is 23.9 Å². The molecule has 0 amide bonds. The van der Waals surface area contributed by atoms with Gasteiger partial charge in [0.15, 0.2) is 0 Å². The molecule has 2 saturated heterocycles. The molecule has 0 radical (unpaired) electrons. The number of thioether (sulfide) groups is 1. The predicted octanol–water partition coefficient (Wildman–Crippen LogP) is 3.52. The van der Waals surface area contributed by atoms with Crippen molar-refractivity contribution in [3.8, 4) is 0 Å². The van der Waals surface area contributed by atoms with Crippen LogP contribution in [0.4, 0.5) is 0 Å². The fourth-order valence-corrected chi connectivity index (χ4v) is 4.70. The Morgan fingerprint density at radius 1 is 1.14 bits per heavy atom. The maximum atomic E-state index is 3.94. The van der Waals surface area contributed by atoms with Gasteiger partial charge in [-0.1, -0.05) is 37.3 Å². The van der Waals surface area contributed by atoms with Crippen molar-refractivity contribution in [2.24, 2.45) is 0 Å². The maximum Gasteiger partial charge on any atom is 0.0233 e. The lowest BCUT2D eigenvalue weighted by Crippen LogP contribution is -2.49. The van der Waals surface area contributed by atoms with E-state index in [1.54, 1.807) is 0 Å². The Kier molecular flexibility index (Phi) is 5.61. The summed E-state index contributed by atoms with van der Waals surface area (Å²) in [5, 5.41) is 4.74. The van der Waals surface area contributed by atoms with Crippen LogP contribution in [-0.4, -0.2) is 41.1 Å². The standard InChI is InChI=1S/C18H28N2S/c1-15-18(8-5-13-21-15)19-17-9-11-20(12-10-17)14-16-6-3-2-4-7-16/h2-4,6-7,15,17-19H,5,8-14H2,1H3. The quantitative estimate of drug-likeness (QED) is 0.916. The minimum atomic E-state index is 0.739. The summed E-state index contributed by atoms with van der Waals surface area (Å²) in [4.78, 5) is 2.60. The number of benzene rings is 1. The second kappa shape index (κ2) is 7.66. The van der Waals surface area contributed by atoms with Crippen molar-refractivity contribution in [1.82, 2.24) is 10.2 Å². The zero-order chi connectivity index (χ0) is 14.5. The fraction of sp³-hybridized carbons (Fsp3) is 0.667. The van der Waals surface area contributed by atoms with Crippen molar-refractivity contribution in [2.45, 2.75) is 56.5 Å². The molecule has 116 valence electrons. The van der Waals surface area contributed by atoms with Crippen molar-refractivity contribution in [3.05, 3.63) is 35.9 Å². The van der Waals surface area contributed by atoms with Crippen LogP contribution in [0.3, 0.4) is 0 Å². The number of likely N-dealkylation sites (tertiary alicyclic amines) is 1. The average Bonchev–Trinajstić information content (AvgIpc) is 2.52. The van der Waals surface area contributed by atoms with E-state index in [0.717, 1.165) is 23.9 Å². The summed E-state index contributed by atoms with van der Waals surface area (Å²) < 4.78 is 0. The summed E-state index contributed by atoms with van der Waals surface area (Å²) in [5.74, 6) is 1.36. The number of hydrogen-bond donors (Lipinski definition) is 1. The first-order chi connectivity index (χ1) is 10.3. The molecule has 2 aliphatic heterocycles. The second-order valence-corrected chi connectivity index (χ2v) is 8.01. The highest BCUT2D eigenvalue weighted by atomic mass is 32.2. The molecular weight excluding hydrogens is 276 g/mol. The van der Waals surface area contributed by atoms with Crippen LogP contribution in [0.1, 0.15) is 38.2 Å². The fourth-order valence-electron chi connectivity index (χ4n) is 3.54. The SMILES string of the molecule is CC1SCCCC1NC1CCN(Cc2ccccc2)CC1. The summed E-state index contributed by atoms with van der Waals surface area (Å²) in [6, 6.07) is 12.4. The van der Waals surface area contributed by atoms with E-state index in [4.69, 9.17) is 0 Å². The van der Waals surface area contributed by atoms with Gasteiger partial charge in [0.2, 0.25) is 0 Å². The average molecular weight is 305 g/mol. The molecule has 2 aliphatic rings. The summed E-state index contributed by atoms with van der Waals surface area (Å²) in [6.45, 7) is 5.98. The second-order valence-electron chi connectivity index (χ2n) is 6.53. The van der Waals surface area contributed by atoms with E-state index in [1.807, 2.05) is 0 Å². The molecule has 1 aromatic rings. The Labute approximate surface area is 133 Å². The lowest BCUT2D eigenvalue weighted by Gasteiger charge is -2.37. The number of rotatable bonds is 4. The molecule has 0 aliphatic carbocycles. The van der Waals surface area contributed by atoms with Crippen molar-refractivity contribution in [2.75, 3.05) is 18.8 Å². The van der Waals surface area contributed by atoms with Crippen molar-refractivity contribution in [3.63, 3.8) is 0 Å². The lowest BCUT2D eigenvalue weighted by molar-refractivity contribution is 0.182. The molecule has 2 nitrogen and oxygen atoms in total. The smallest absolute Gasteiger partial charge is 0.0233 e. The number of hydrogen-bond acceptors (Lipinski definition) is 3. The van der Waals surface area contributed by atoms with Gasteiger partial charge >= 0.3 is 0 Å². The van der Waals surface area contributed by atoms with Gasteiger partial charge in [-0.25, -0.2) is 0 Å². The van der Waals surface area contributed by atoms with Crippen molar-refractivity contribution >= 4 is 11.8 Å². The Balaban J connectivity index is 1.42. The molecule has 2 heterocycles. The van der Waals surface area contributed by atoms with E-state index in [1.165, 1.54) is 50.1 Å². The van der Waals surface area contributed by atoms with Crippen LogP contribution in [0.5, 0.6) is 0 Å². The van der Waals surface area contributed by atoms with Crippen LogP contribution in [-0.2, 0) is 6.54 Å². The van der Waals surface area contributed by atoms with Crippen molar-refractivity contribution < 1.29 is 0 Å². The molecule has 3 heteroatoms. The molecule has 2 unspecified atom stereocenters. The molecule has 3 rings (SSSR count). The number of piperidine rings is 1. The van der Waals surface area contributed by atoms with Gasteiger partial charge in [0.1, 0.15) is 0 Å². The largest absolute Gasteiger partial charge is 0.310 e. The first-order valence-corrected chi connectivity index (χ1v) is 9.50. The molecular formula is C18H28N2S. The molecule has 0 bridgehead atoms. The highest BCUT2D eigenvalue weighted by molar-refractivity contribution is 7.99. The van der Waals surface area contributed by atoms with Crippen LogP contribution >= 0.6 is 11.8 Å². The molecule has 0 spiro atoms. The molecule has 21 heavy (non-hydrogen) atoms. The van der Waals surface area contributed by atoms with Gasteiger partial charge in [-0.2, -0.15) is 11.8 Å². The first-order valence-electron chi connectivity index (χ1n) is 8.45. The third kappa shape index (κ3) is 4.48. The Morgan fingerprint density at radius 3 is 2.62 bits per heavy atom. The third-order valence-electron chi connectivity index (χ3n) is 4.89. The highest BCUT2D eigenvalue weighted by Crippen LogP contribution is 2.26. The predicted molar refractivity (Wildman–Crippen MR) is 92.8 cm³/mol. The molecule has 1 aromatic carbocycles. The first kappa shape index (κ1) is 15.4. The van der Waals surface area contributed by atoms with E-state index in [2.05, 4.69) is 59.2 Å². The van der Waals surface area contributed by atoms with Crippen LogP contribution < -0.4 is 5.32 Å². The minimum Gasteiger partial charge on any atom is -0.310 e. The summed E-state index contributed by atoms with van der Waals surface area (Å²) in [7, 11) is 0. The normalized spacial score (nSPS) is 28.6. The molecule has 1 N–H and O–H groups in total. The van der Waals surface area contributed by atoms with Crippen molar-refractivity contribution in [1.29, 1.82) is 0 Å².